The van der Waals surface area contributed by atoms with E-state index < -0.39 is 35.9 Å². The van der Waals surface area contributed by atoms with Crippen LogP contribution in [-0.4, -0.2) is 55.2 Å². The molecule has 0 saturated heterocycles. The van der Waals surface area contributed by atoms with Crippen molar-refractivity contribution >= 4 is 17.8 Å². The molecule has 2 rings (SSSR count). The minimum atomic E-state index is -3.27. The van der Waals surface area contributed by atoms with Gasteiger partial charge in [-0.05, 0) is 55.5 Å². The lowest BCUT2D eigenvalue weighted by Crippen LogP contribution is -2.69. The fraction of sp³-hybridized carbons (Fsp3) is 0.261. The van der Waals surface area contributed by atoms with Gasteiger partial charge in [0, 0.05) is 23.7 Å². The molecular formula is C23H24F2N4O5. The molecule has 2 aromatic carbocycles. The van der Waals surface area contributed by atoms with Crippen LogP contribution in [0.25, 0.3) is 0 Å². The molecule has 0 aliphatic rings. The lowest BCUT2D eigenvalue weighted by Gasteiger charge is -2.36. The Kier molecular flexibility index (Phi) is 8.92. The third-order valence-electron chi connectivity index (χ3n) is 4.90. The second kappa shape index (κ2) is 11.6. The van der Waals surface area contributed by atoms with Crippen LogP contribution in [0.15, 0.2) is 48.5 Å². The highest BCUT2D eigenvalue weighted by Gasteiger charge is 2.48. The van der Waals surface area contributed by atoms with Crippen molar-refractivity contribution in [1.29, 1.82) is 0 Å². The molecule has 11 heteroatoms. The van der Waals surface area contributed by atoms with E-state index >= 15 is 0 Å². The summed E-state index contributed by atoms with van der Waals surface area (Å²) in [6.07, 6.45) is -3.27. The van der Waals surface area contributed by atoms with Crippen LogP contribution in [0.1, 0.15) is 28.4 Å². The minimum absolute atomic E-state index is 0.0438. The Bertz CT molecular complexity index is 1080. The molecule has 2 atom stereocenters. The summed E-state index contributed by atoms with van der Waals surface area (Å²) in [5, 5.41) is 15.2. The fourth-order valence-corrected chi connectivity index (χ4v) is 2.85. The van der Waals surface area contributed by atoms with Gasteiger partial charge in [-0.3, -0.25) is 14.8 Å². The topological polar surface area (TPSA) is 129 Å². The maximum Gasteiger partial charge on any atom is 0.315 e. The van der Waals surface area contributed by atoms with Gasteiger partial charge in [-0.2, -0.15) is 0 Å². The molecule has 0 fully saturated rings. The molecule has 2 aromatic rings. The number of benzene rings is 2. The first-order chi connectivity index (χ1) is 16.1. The Hall–Kier alpha value is -4.17. The van der Waals surface area contributed by atoms with Gasteiger partial charge in [-0.15, -0.1) is 0 Å². The predicted molar refractivity (Wildman–Crippen MR) is 119 cm³/mol. The van der Waals surface area contributed by atoms with Crippen LogP contribution < -0.4 is 26.2 Å². The van der Waals surface area contributed by atoms with Gasteiger partial charge in [-0.25, -0.2) is 19.1 Å². The third-order valence-corrected chi connectivity index (χ3v) is 4.90. The normalized spacial score (nSPS) is 12.9. The van der Waals surface area contributed by atoms with Gasteiger partial charge >= 0.3 is 6.03 Å². The number of hydrogen-bond donors (Lipinski definition) is 5. The number of hydroxylamine groups is 1. The van der Waals surface area contributed by atoms with Gasteiger partial charge in [0.2, 0.25) is 0 Å². The summed E-state index contributed by atoms with van der Waals surface area (Å²) in [6, 6.07) is 9.97. The highest BCUT2D eigenvalue weighted by Crippen LogP contribution is 2.21. The number of alkyl halides is 2. The van der Waals surface area contributed by atoms with Crippen LogP contribution in [0, 0.1) is 11.8 Å². The zero-order valence-corrected chi connectivity index (χ0v) is 18.6. The Morgan fingerprint density at radius 1 is 1.00 bits per heavy atom. The van der Waals surface area contributed by atoms with Crippen LogP contribution in [0.2, 0.25) is 0 Å². The van der Waals surface area contributed by atoms with Crippen molar-refractivity contribution in [2.45, 2.75) is 24.9 Å². The number of rotatable bonds is 7. The lowest BCUT2D eigenvalue weighted by atomic mass is 9.91. The Morgan fingerprint density at radius 2 is 1.53 bits per heavy atom. The van der Waals surface area contributed by atoms with E-state index in [2.05, 4.69) is 22.5 Å². The van der Waals surface area contributed by atoms with E-state index in [1.54, 1.807) is 43.5 Å². The first kappa shape index (κ1) is 26.1. The lowest BCUT2D eigenvalue weighted by molar-refractivity contribution is -0.135. The van der Waals surface area contributed by atoms with E-state index in [4.69, 9.17) is 9.94 Å². The summed E-state index contributed by atoms with van der Waals surface area (Å²) in [6.45, 7) is 0.866. The largest absolute Gasteiger partial charge is 0.497 e. The van der Waals surface area contributed by atoms with Gasteiger partial charge in [0.15, 0.2) is 0 Å². The molecule has 5 N–H and O–H groups in total. The van der Waals surface area contributed by atoms with Crippen LogP contribution in [0.4, 0.5) is 13.6 Å². The highest BCUT2D eigenvalue weighted by molar-refractivity contribution is 5.98. The molecule has 180 valence electrons. The van der Waals surface area contributed by atoms with E-state index in [-0.39, 0.29) is 5.56 Å². The monoisotopic (exact) mass is 474 g/mol. The van der Waals surface area contributed by atoms with Crippen molar-refractivity contribution in [2.75, 3.05) is 14.2 Å². The van der Waals surface area contributed by atoms with Crippen LogP contribution in [0.5, 0.6) is 5.75 Å². The summed E-state index contributed by atoms with van der Waals surface area (Å²) in [4.78, 5) is 36.4. The summed E-state index contributed by atoms with van der Waals surface area (Å²) < 4.78 is 32.7. The second-order valence-corrected chi connectivity index (χ2v) is 7.23. The summed E-state index contributed by atoms with van der Waals surface area (Å²) in [5.41, 5.74) is 0.0710. The van der Waals surface area contributed by atoms with Gasteiger partial charge < -0.3 is 20.7 Å². The van der Waals surface area contributed by atoms with Crippen molar-refractivity contribution < 1.29 is 33.1 Å². The molecule has 9 nitrogen and oxygen atoms in total. The summed E-state index contributed by atoms with van der Waals surface area (Å²) >= 11 is 0. The van der Waals surface area contributed by atoms with E-state index in [9.17, 15) is 23.2 Å². The number of methoxy groups -OCH3 is 1. The Balaban J connectivity index is 2.21. The second-order valence-electron chi connectivity index (χ2n) is 7.23. The maximum absolute atomic E-state index is 13.8. The molecule has 0 saturated carbocycles. The molecule has 0 radical (unpaired) electrons. The zero-order valence-electron chi connectivity index (χ0n) is 18.6. The standard InChI is InChI=1S/C23H24F2N4O5/c1-23(21(24)25,28-22(32)26-2)18(20(31)29-33)27-19(30)16-10-6-14(7-11-16)4-5-15-8-12-17(34-3)13-9-15/h6-13,18,21,33H,1-3H3,(H,27,30)(H,29,31)(H2,26,28,32)/t18-,23?/m1/s1. The number of carbonyl (C=O) groups excluding carboxylic acids is 3. The number of urea groups is 1. The quantitative estimate of drug-likeness (QED) is 0.237. The smallest absolute Gasteiger partial charge is 0.315 e. The molecule has 0 bridgehead atoms. The predicted octanol–water partition coefficient (Wildman–Crippen LogP) is 1.65. The molecule has 34 heavy (non-hydrogen) atoms. The number of amides is 4. The highest BCUT2D eigenvalue weighted by atomic mass is 19.3. The number of nitrogens with one attached hydrogen (secondary N) is 4. The van der Waals surface area contributed by atoms with Gasteiger partial charge in [0.05, 0.1) is 7.11 Å². The zero-order chi connectivity index (χ0) is 25.3. The van der Waals surface area contributed by atoms with Crippen LogP contribution in [0.3, 0.4) is 0 Å². The van der Waals surface area contributed by atoms with Crippen molar-refractivity contribution in [3.63, 3.8) is 0 Å². The van der Waals surface area contributed by atoms with E-state index in [1.807, 2.05) is 5.32 Å². The molecule has 0 aliphatic heterocycles. The van der Waals surface area contributed by atoms with Crippen molar-refractivity contribution in [1.82, 2.24) is 21.4 Å². The third kappa shape index (κ3) is 6.43. The molecule has 0 spiro atoms. The average molecular weight is 474 g/mol. The molecule has 1 unspecified atom stereocenters. The number of carbonyl (C=O) groups is 3. The maximum atomic E-state index is 13.8. The van der Waals surface area contributed by atoms with E-state index in [1.165, 1.54) is 24.7 Å². The van der Waals surface area contributed by atoms with Crippen molar-refractivity contribution in [3.8, 4) is 17.6 Å². The minimum Gasteiger partial charge on any atom is -0.497 e. The number of ether oxygens (including phenoxy) is 1. The van der Waals surface area contributed by atoms with Crippen molar-refractivity contribution in [2.24, 2.45) is 0 Å². The number of halogens is 2. The molecular weight excluding hydrogens is 450 g/mol. The summed E-state index contributed by atoms with van der Waals surface area (Å²) in [5.74, 6) is 4.36. The SMILES string of the molecule is CNC(=O)NC(C)(C(F)F)[C@H](NC(=O)c1ccc(C#Cc2ccc(OC)cc2)cc1)C(=O)NO. The average Bonchev–Trinajstić information content (AvgIpc) is 2.85. The van der Waals surface area contributed by atoms with Crippen LogP contribution >= 0.6 is 0 Å². The first-order valence-corrected chi connectivity index (χ1v) is 9.93. The summed E-state index contributed by atoms with van der Waals surface area (Å²) in [7, 11) is 2.75. The van der Waals surface area contributed by atoms with Gasteiger partial charge in [-0.1, -0.05) is 11.8 Å². The van der Waals surface area contributed by atoms with E-state index in [0.29, 0.717) is 11.3 Å². The fourth-order valence-electron chi connectivity index (χ4n) is 2.85. The van der Waals surface area contributed by atoms with Gasteiger partial charge in [0.1, 0.15) is 17.3 Å². The van der Waals surface area contributed by atoms with Crippen LogP contribution in [-0.2, 0) is 4.79 Å². The first-order valence-electron chi connectivity index (χ1n) is 9.93. The molecule has 0 aliphatic carbocycles. The molecule has 0 heterocycles. The Morgan fingerprint density at radius 3 is 1.97 bits per heavy atom. The van der Waals surface area contributed by atoms with Gasteiger partial charge in [0.25, 0.3) is 18.2 Å². The molecule has 4 amide bonds. The van der Waals surface area contributed by atoms with Crippen molar-refractivity contribution in [3.05, 3.63) is 65.2 Å². The van der Waals surface area contributed by atoms with E-state index in [0.717, 1.165) is 12.5 Å². The number of hydrogen-bond acceptors (Lipinski definition) is 5. The molecule has 0 aromatic heterocycles. The Labute approximate surface area is 194 Å².